The summed E-state index contributed by atoms with van der Waals surface area (Å²) in [6, 6.07) is 15.5. The van der Waals surface area contributed by atoms with E-state index in [0.717, 1.165) is 28.2 Å². The first kappa shape index (κ1) is 14.0. The molecule has 0 saturated heterocycles. The molecule has 1 aromatic heterocycles. The molecule has 0 fully saturated rings. The van der Waals surface area contributed by atoms with E-state index in [2.05, 4.69) is 41.5 Å². The molecule has 2 nitrogen and oxygen atoms in total. The van der Waals surface area contributed by atoms with Gasteiger partial charge >= 0.3 is 0 Å². The van der Waals surface area contributed by atoms with Crippen LogP contribution in [0.25, 0.3) is 10.2 Å². The number of rotatable bonds is 5. The molecule has 1 atom stereocenters. The third kappa shape index (κ3) is 3.58. The SMILES string of the molecule is CC(CCc1ccccc1)Nc1nc2ccc(F)cc2s1. The van der Waals surface area contributed by atoms with E-state index < -0.39 is 0 Å². The van der Waals surface area contributed by atoms with Gasteiger partial charge in [0.1, 0.15) is 5.82 Å². The van der Waals surface area contributed by atoms with Crippen LogP contribution in [-0.2, 0) is 6.42 Å². The largest absolute Gasteiger partial charge is 0.359 e. The zero-order chi connectivity index (χ0) is 14.7. The van der Waals surface area contributed by atoms with Crippen LogP contribution in [0, 0.1) is 5.82 Å². The Morgan fingerprint density at radius 3 is 2.81 bits per heavy atom. The fourth-order valence-electron chi connectivity index (χ4n) is 2.27. The van der Waals surface area contributed by atoms with Crippen molar-refractivity contribution in [1.29, 1.82) is 0 Å². The summed E-state index contributed by atoms with van der Waals surface area (Å²) in [5, 5.41) is 4.26. The van der Waals surface area contributed by atoms with Crippen LogP contribution >= 0.6 is 11.3 Å². The molecular formula is C17H17FN2S. The van der Waals surface area contributed by atoms with Crippen molar-refractivity contribution in [1.82, 2.24) is 4.98 Å². The molecule has 0 aliphatic rings. The zero-order valence-corrected chi connectivity index (χ0v) is 12.7. The van der Waals surface area contributed by atoms with Gasteiger partial charge in [0.05, 0.1) is 10.2 Å². The highest BCUT2D eigenvalue weighted by atomic mass is 32.1. The molecule has 21 heavy (non-hydrogen) atoms. The summed E-state index contributed by atoms with van der Waals surface area (Å²) >= 11 is 1.50. The Morgan fingerprint density at radius 2 is 2.00 bits per heavy atom. The second kappa shape index (κ2) is 6.22. The monoisotopic (exact) mass is 300 g/mol. The van der Waals surface area contributed by atoms with Crippen molar-refractivity contribution in [3.8, 4) is 0 Å². The van der Waals surface area contributed by atoms with Crippen molar-refractivity contribution in [3.05, 3.63) is 59.9 Å². The van der Waals surface area contributed by atoms with E-state index in [1.807, 2.05) is 6.07 Å². The predicted octanol–water partition coefficient (Wildman–Crippen LogP) is 4.87. The van der Waals surface area contributed by atoms with Crippen LogP contribution in [0.15, 0.2) is 48.5 Å². The van der Waals surface area contributed by atoms with Gasteiger partial charge in [0, 0.05) is 6.04 Å². The van der Waals surface area contributed by atoms with Crippen molar-refractivity contribution < 1.29 is 4.39 Å². The molecule has 0 radical (unpaired) electrons. The zero-order valence-electron chi connectivity index (χ0n) is 11.8. The van der Waals surface area contributed by atoms with E-state index in [-0.39, 0.29) is 5.82 Å². The van der Waals surface area contributed by atoms with E-state index in [9.17, 15) is 4.39 Å². The topological polar surface area (TPSA) is 24.9 Å². The number of aromatic nitrogens is 1. The summed E-state index contributed by atoms with van der Waals surface area (Å²) in [4.78, 5) is 4.49. The van der Waals surface area contributed by atoms with Crippen LogP contribution in [0.5, 0.6) is 0 Å². The summed E-state index contributed by atoms with van der Waals surface area (Å²) in [6.07, 6.45) is 2.07. The molecule has 2 aromatic carbocycles. The number of halogens is 1. The van der Waals surface area contributed by atoms with Crippen molar-refractivity contribution in [2.75, 3.05) is 5.32 Å². The molecule has 0 bridgehead atoms. The van der Waals surface area contributed by atoms with Crippen LogP contribution in [-0.4, -0.2) is 11.0 Å². The molecule has 4 heteroatoms. The molecule has 1 unspecified atom stereocenters. The summed E-state index contributed by atoms with van der Waals surface area (Å²) in [7, 11) is 0. The number of thiazole rings is 1. The van der Waals surface area contributed by atoms with E-state index in [0.29, 0.717) is 6.04 Å². The third-order valence-electron chi connectivity index (χ3n) is 3.43. The maximum atomic E-state index is 13.2. The van der Waals surface area contributed by atoms with Gasteiger partial charge in [-0.25, -0.2) is 9.37 Å². The van der Waals surface area contributed by atoms with Crippen molar-refractivity contribution in [3.63, 3.8) is 0 Å². The molecule has 0 aliphatic carbocycles. The van der Waals surface area contributed by atoms with Gasteiger partial charge in [0.2, 0.25) is 0 Å². The number of anilines is 1. The normalized spacial score (nSPS) is 12.5. The fourth-order valence-corrected chi connectivity index (χ4v) is 3.27. The van der Waals surface area contributed by atoms with E-state index in [1.165, 1.54) is 29.0 Å². The molecule has 3 rings (SSSR count). The average molecular weight is 300 g/mol. The molecule has 0 spiro atoms. The van der Waals surface area contributed by atoms with Crippen LogP contribution in [0.2, 0.25) is 0 Å². The molecule has 0 amide bonds. The third-order valence-corrected chi connectivity index (χ3v) is 4.38. The lowest BCUT2D eigenvalue weighted by Gasteiger charge is -2.12. The first-order valence-electron chi connectivity index (χ1n) is 7.07. The van der Waals surface area contributed by atoms with Crippen LogP contribution in [0.3, 0.4) is 0 Å². The first-order valence-corrected chi connectivity index (χ1v) is 7.89. The first-order chi connectivity index (χ1) is 10.2. The highest BCUT2D eigenvalue weighted by Gasteiger charge is 2.08. The van der Waals surface area contributed by atoms with Gasteiger partial charge in [0.15, 0.2) is 5.13 Å². The highest BCUT2D eigenvalue weighted by molar-refractivity contribution is 7.22. The number of hydrogen-bond donors (Lipinski definition) is 1. The van der Waals surface area contributed by atoms with Crippen LogP contribution in [0.1, 0.15) is 18.9 Å². The minimum absolute atomic E-state index is 0.213. The number of fused-ring (bicyclic) bond motifs is 1. The van der Waals surface area contributed by atoms with Crippen molar-refractivity contribution in [2.45, 2.75) is 25.8 Å². The van der Waals surface area contributed by atoms with Crippen LogP contribution in [0.4, 0.5) is 9.52 Å². The quantitative estimate of drug-likeness (QED) is 0.727. The maximum Gasteiger partial charge on any atom is 0.184 e. The predicted molar refractivity (Wildman–Crippen MR) is 87.4 cm³/mol. The van der Waals surface area contributed by atoms with Gasteiger partial charge in [-0.15, -0.1) is 0 Å². The lowest BCUT2D eigenvalue weighted by molar-refractivity contribution is 0.630. The summed E-state index contributed by atoms with van der Waals surface area (Å²) in [6.45, 7) is 2.15. The number of hydrogen-bond acceptors (Lipinski definition) is 3. The number of aryl methyl sites for hydroxylation is 1. The van der Waals surface area contributed by atoms with Crippen molar-refractivity contribution in [2.24, 2.45) is 0 Å². The van der Waals surface area contributed by atoms with Gasteiger partial charge < -0.3 is 5.32 Å². The Hall–Kier alpha value is -1.94. The Kier molecular flexibility index (Phi) is 4.15. The minimum atomic E-state index is -0.213. The molecule has 0 aliphatic heterocycles. The van der Waals surface area contributed by atoms with Crippen molar-refractivity contribution >= 4 is 26.7 Å². The molecule has 108 valence electrons. The molecule has 1 heterocycles. The number of nitrogens with one attached hydrogen (secondary N) is 1. The summed E-state index contributed by atoms with van der Waals surface area (Å²) < 4.78 is 14.1. The Labute approximate surface area is 127 Å². The van der Waals surface area contributed by atoms with E-state index in [1.54, 1.807) is 6.07 Å². The second-order valence-electron chi connectivity index (χ2n) is 5.20. The molecule has 3 aromatic rings. The van der Waals surface area contributed by atoms with Crippen LogP contribution < -0.4 is 5.32 Å². The lowest BCUT2D eigenvalue weighted by atomic mass is 10.1. The van der Waals surface area contributed by atoms with Gasteiger partial charge in [0.25, 0.3) is 0 Å². The molecular weight excluding hydrogens is 283 g/mol. The minimum Gasteiger partial charge on any atom is -0.359 e. The smallest absolute Gasteiger partial charge is 0.184 e. The highest BCUT2D eigenvalue weighted by Crippen LogP contribution is 2.27. The summed E-state index contributed by atoms with van der Waals surface area (Å²) in [5.74, 6) is -0.213. The average Bonchev–Trinajstić information content (AvgIpc) is 2.87. The standard InChI is InChI=1S/C17H17FN2S/c1-12(7-8-13-5-3-2-4-6-13)19-17-20-15-10-9-14(18)11-16(15)21-17/h2-6,9-12H,7-8H2,1H3,(H,19,20). The molecule has 1 N–H and O–H groups in total. The van der Waals surface area contributed by atoms with Gasteiger partial charge in [-0.1, -0.05) is 41.7 Å². The van der Waals surface area contributed by atoms with Gasteiger partial charge in [-0.3, -0.25) is 0 Å². The Balaban J connectivity index is 1.62. The second-order valence-corrected chi connectivity index (χ2v) is 6.23. The van der Waals surface area contributed by atoms with Gasteiger partial charge in [-0.05, 0) is 43.5 Å². The number of benzene rings is 2. The Bertz CT molecular complexity index is 724. The maximum absolute atomic E-state index is 13.2. The lowest BCUT2D eigenvalue weighted by Crippen LogP contribution is -2.15. The van der Waals surface area contributed by atoms with E-state index in [4.69, 9.17) is 0 Å². The van der Waals surface area contributed by atoms with Gasteiger partial charge in [-0.2, -0.15) is 0 Å². The van der Waals surface area contributed by atoms with E-state index >= 15 is 0 Å². The Morgan fingerprint density at radius 1 is 1.19 bits per heavy atom. The fraction of sp³-hybridized carbons (Fsp3) is 0.235. The summed E-state index contributed by atoms with van der Waals surface area (Å²) in [5.41, 5.74) is 2.19. The molecule has 0 saturated carbocycles. The number of nitrogens with zero attached hydrogens (tertiary/aromatic N) is 1.